The molecule has 0 saturated carbocycles. The Morgan fingerprint density at radius 2 is 1.84 bits per heavy atom. The molecule has 136 valence electrons. The largest absolute Gasteiger partial charge is 0.497 e. The Hall–Kier alpha value is -2.16. The number of nitrogens with two attached hydrogens (primary N) is 1. The third kappa shape index (κ3) is 6.00. The lowest BCUT2D eigenvalue weighted by Gasteiger charge is -2.12. The maximum Gasteiger partial charge on any atom is 0.193 e. The molecule has 0 fully saturated rings. The van der Waals surface area contributed by atoms with Gasteiger partial charge in [-0.15, -0.1) is 24.0 Å². The van der Waals surface area contributed by atoms with E-state index in [-0.39, 0.29) is 29.9 Å². The van der Waals surface area contributed by atoms with E-state index in [1.807, 2.05) is 37.3 Å². The zero-order valence-electron chi connectivity index (χ0n) is 14.6. The van der Waals surface area contributed by atoms with Crippen molar-refractivity contribution < 1.29 is 14.2 Å². The van der Waals surface area contributed by atoms with Gasteiger partial charge in [-0.3, -0.25) is 0 Å². The van der Waals surface area contributed by atoms with E-state index in [0.29, 0.717) is 30.3 Å². The van der Waals surface area contributed by atoms with Crippen LogP contribution in [0.5, 0.6) is 17.2 Å². The number of aliphatic imine (C=N–C) groups is 1. The van der Waals surface area contributed by atoms with E-state index in [1.165, 1.54) is 0 Å². The highest BCUT2D eigenvalue weighted by Crippen LogP contribution is 2.28. The number of hydrogen-bond acceptors (Lipinski definition) is 4. The van der Waals surface area contributed by atoms with E-state index < -0.39 is 0 Å². The van der Waals surface area contributed by atoms with Gasteiger partial charge in [0.05, 0.1) is 33.1 Å². The fourth-order valence-corrected chi connectivity index (χ4v) is 2.19. The number of rotatable bonds is 7. The van der Waals surface area contributed by atoms with Gasteiger partial charge in [0.1, 0.15) is 17.2 Å². The van der Waals surface area contributed by atoms with Crippen molar-refractivity contribution in [2.45, 2.75) is 13.5 Å². The Bertz CT molecular complexity index is 708. The number of ether oxygens (including phenoxy) is 3. The van der Waals surface area contributed by atoms with Crippen LogP contribution in [0.2, 0.25) is 0 Å². The first-order chi connectivity index (χ1) is 11.7. The Morgan fingerprint density at radius 1 is 1.08 bits per heavy atom. The van der Waals surface area contributed by atoms with Crippen LogP contribution in [0.4, 0.5) is 5.69 Å². The maximum absolute atomic E-state index is 5.99. The zero-order valence-corrected chi connectivity index (χ0v) is 16.9. The smallest absolute Gasteiger partial charge is 0.193 e. The van der Waals surface area contributed by atoms with Gasteiger partial charge in [0.15, 0.2) is 5.96 Å². The SMILES string of the molecule is CCOc1ccccc1CN=C(N)Nc1cc(OC)ccc1OC.I. The predicted molar refractivity (Wildman–Crippen MR) is 112 cm³/mol. The van der Waals surface area contributed by atoms with Crippen molar-refractivity contribution in [2.24, 2.45) is 10.7 Å². The van der Waals surface area contributed by atoms with Crippen LogP contribution in [0.25, 0.3) is 0 Å². The summed E-state index contributed by atoms with van der Waals surface area (Å²) < 4.78 is 16.1. The number of methoxy groups -OCH3 is 2. The number of hydrogen-bond donors (Lipinski definition) is 2. The van der Waals surface area contributed by atoms with Crippen molar-refractivity contribution in [2.75, 3.05) is 26.1 Å². The summed E-state index contributed by atoms with van der Waals surface area (Å²) in [5.74, 6) is 2.46. The quantitative estimate of drug-likeness (QED) is 0.377. The molecule has 0 saturated heterocycles. The van der Waals surface area contributed by atoms with Crippen molar-refractivity contribution in [1.29, 1.82) is 0 Å². The molecular formula is C18H24IN3O3. The summed E-state index contributed by atoms with van der Waals surface area (Å²) in [6.45, 7) is 2.97. The molecule has 2 rings (SSSR count). The van der Waals surface area contributed by atoms with Crippen LogP contribution in [-0.2, 0) is 6.54 Å². The monoisotopic (exact) mass is 457 g/mol. The Kier molecular flexibility index (Phi) is 8.90. The highest BCUT2D eigenvalue weighted by atomic mass is 127. The lowest BCUT2D eigenvalue weighted by atomic mass is 10.2. The third-order valence-corrected chi connectivity index (χ3v) is 3.36. The lowest BCUT2D eigenvalue weighted by Crippen LogP contribution is -2.23. The van der Waals surface area contributed by atoms with Gasteiger partial charge >= 0.3 is 0 Å². The fraction of sp³-hybridized carbons (Fsp3) is 0.278. The summed E-state index contributed by atoms with van der Waals surface area (Å²) in [6.07, 6.45) is 0. The molecule has 0 aliphatic rings. The molecule has 0 amide bonds. The van der Waals surface area contributed by atoms with Gasteiger partial charge < -0.3 is 25.3 Å². The van der Waals surface area contributed by atoms with E-state index in [9.17, 15) is 0 Å². The van der Waals surface area contributed by atoms with Gasteiger partial charge in [-0.1, -0.05) is 18.2 Å². The van der Waals surface area contributed by atoms with Crippen molar-refractivity contribution in [3.63, 3.8) is 0 Å². The van der Waals surface area contributed by atoms with E-state index in [0.717, 1.165) is 11.3 Å². The molecule has 3 N–H and O–H groups in total. The van der Waals surface area contributed by atoms with Gasteiger partial charge in [0.2, 0.25) is 0 Å². The second kappa shape index (κ2) is 10.7. The summed E-state index contributed by atoms with van der Waals surface area (Å²) in [5.41, 5.74) is 7.66. The molecule has 0 aliphatic heterocycles. The number of nitrogens with one attached hydrogen (secondary N) is 1. The first-order valence-corrected chi connectivity index (χ1v) is 7.67. The molecule has 0 unspecified atom stereocenters. The van der Waals surface area contributed by atoms with Crippen molar-refractivity contribution in [3.05, 3.63) is 48.0 Å². The summed E-state index contributed by atoms with van der Waals surface area (Å²) in [5, 5.41) is 3.04. The lowest BCUT2D eigenvalue weighted by molar-refractivity contribution is 0.336. The Morgan fingerprint density at radius 3 is 2.52 bits per heavy atom. The van der Waals surface area contributed by atoms with Gasteiger partial charge in [-0.2, -0.15) is 0 Å². The van der Waals surface area contributed by atoms with E-state index in [2.05, 4.69) is 10.3 Å². The van der Waals surface area contributed by atoms with E-state index >= 15 is 0 Å². The molecule has 0 radical (unpaired) electrons. The number of anilines is 1. The molecule has 0 aliphatic carbocycles. The topological polar surface area (TPSA) is 78.1 Å². The number of benzene rings is 2. The summed E-state index contributed by atoms with van der Waals surface area (Å²) in [6, 6.07) is 13.2. The minimum Gasteiger partial charge on any atom is -0.497 e. The maximum atomic E-state index is 5.99. The molecule has 25 heavy (non-hydrogen) atoms. The molecule has 7 heteroatoms. The van der Waals surface area contributed by atoms with Crippen LogP contribution in [0.3, 0.4) is 0 Å². The average Bonchev–Trinajstić information content (AvgIpc) is 2.61. The highest BCUT2D eigenvalue weighted by Gasteiger charge is 2.07. The second-order valence-corrected chi connectivity index (χ2v) is 4.93. The van der Waals surface area contributed by atoms with Crippen LogP contribution in [0.15, 0.2) is 47.5 Å². The molecular weight excluding hydrogens is 433 g/mol. The van der Waals surface area contributed by atoms with Gasteiger partial charge in [-0.25, -0.2) is 4.99 Å². The molecule has 2 aromatic rings. The second-order valence-electron chi connectivity index (χ2n) is 4.93. The summed E-state index contributed by atoms with van der Waals surface area (Å²) >= 11 is 0. The standard InChI is InChI=1S/C18H23N3O3.HI/c1-4-24-16-8-6-5-7-13(16)12-20-18(19)21-15-11-14(22-2)9-10-17(15)23-3;/h5-11H,4,12H2,1-3H3,(H3,19,20,21);1H. The van der Waals surface area contributed by atoms with E-state index in [1.54, 1.807) is 26.4 Å². The molecule has 0 spiro atoms. The number of para-hydroxylation sites is 1. The van der Waals surface area contributed by atoms with Crippen LogP contribution in [0, 0.1) is 0 Å². The molecule has 0 atom stereocenters. The van der Waals surface area contributed by atoms with Crippen molar-refractivity contribution in [1.82, 2.24) is 0 Å². The van der Waals surface area contributed by atoms with Crippen molar-refractivity contribution in [3.8, 4) is 17.2 Å². The summed E-state index contributed by atoms with van der Waals surface area (Å²) in [4.78, 5) is 4.37. The van der Waals surface area contributed by atoms with Crippen LogP contribution >= 0.6 is 24.0 Å². The van der Waals surface area contributed by atoms with Gasteiger partial charge in [0, 0.05) is 11.6 Å². The van der Waals surface area contributed by atoms with Gasteiger partial charge in [-0.05, 0) is 25.1 Å². The fourth-order valence-electron chi connectivity index (χ4n) is 2.19. The number of guanidine groups is 1. The zero-order chi connectivity index (χ0) is 17.4. The average molecular weight is 457 g/mol. The number of nitrogens with zero attached hydrogens (tertiary/aromatic N) is 1. The Labute approximate surface area is 165 Å². The Balaban J connectivity index is 0.00000312. The number of halogens is 1. The van der Waals surface area contributed by atoms with Crippen LogP contribution < -0.4 is 25.3 Å². The van der Waals surface area contributed by atoms with Crippen LogP contribution in [0.1, 0.15) is 12.5 Å². The van der Waals surface area contributed by atoms with E-state index in [4.69, 9.17) is 19.9 Å². The molecule has 0 aromatic heterocycles. The molecule has 0 heterocycles. The molecule has 6 nitrogen and oxygen atoms in total. The van der Waals surface area contributed by atoms with Gasteiger partial charge in [0.25, 0.3) is 0 Å². The minimum absolute atomic E-state index is 0. The van der Waals surface area contributed by atoms with Crippen LogP contribution in [-0.4, -0.2) is 26.8 Å². The first kappa shape index (κ1) is 20.9. The normalized spacial score (nSPS) is 10.6. The highest BCUT2D eigenvalue weighted by molar-refractivity contribution is 14.0. The third-order valence-electron chi connectivity index (χ3n) is 3.36. The summed E-state index contributed by atoms with van der Waals surface area (Å²) in [7, 11) is 3.20. The minimum atomic E-state index is 0. The first-order valence-electron chi connectivity index (χ1n) is 7.67. The van der Waals surface area contributed by atoms with Crippen molar-refractivity contribution >= 4 is 35.6 Å². The molecule has 2 aromatic carbocycles. The predicted octanol–water partition coefficient (Wildman–Crippen LogP) is 3.65. The molecule has 0 bridgehead atoms.